The monoisotopic (exact) mass is 586 g/mol. The van der Waals surface area contributed by atoms with Crippen molar-refractivity contribution in [3.8, 4) is 17.1 Å². The first kappa shape index (κ1) is 27.1. The van der Waals surface area contributed by atoms with Gasteiger partial charge >= 0.3 is 0 Å². The fourth-order valence-electron chi connectivity index (χ4n) is 4.66. The number of pyridine rings is 3. The zero-order valence-electron chi connectivity index (χ0n) is 21.3. The van der Waals surface area contributed by atoms with E-state index in [-0.39, 0.29) is 30.2 Å². The van der Waals surface area contributed by atoms with Gasteiger partial charge in [-0.05, 0) is 55.3 Å². The molecule has 1 atom stereocenters. The Hall–Kier alpha value is -4.13. The highest BCUT2D eigenvalue weighted by atomic mass is 32.2. The minimum absolute atomic E-state index is 0.0258. The van der Waals surface area contributed by atoms with Crippen LogP contribution >= 0.6 is 0 Å². The molecule has 1 N–H and O–H groups in total. The summed E-state index contributed by atoms with van der Waals surface area (Å²) in [5, 5.41) is 3.24. The molecule has 1 fully saturated rings. The summed E-state index contributed by atoms with van der Waals surface area (Å²) in [6.45, 7) is -0.431. The predicted molar refractivity (Wildman–Crippen MR) is 139 cm³/mol. The summed E-state index contributed by atoms with van der Waals surface area (Å²) < 4.78 is 85.7. The van der Waals surface area contributed by atoms with E-state index in [2.05, 4.69) is 20.3 Å². The molecule has 1 aliphatic heterocycles. The predicted octanol–water partition coefficient (Wildman–Crippen LogP) is 5.43. The number of sulfone groups is 1. The van der Waals surface area contributed by atoms with Gasteiger partial charge in [-0.1, -0.05) is 0 Å². The Morgan fingerprint density at radius 2 is 1.80 bits per heavy atom. The number of benzene rings is 1. The van der Waals surface area contributed by atoms with Crippen LogP contribution in [-0.4, -0.2) is 41.4 Å². The normalized spacial score (nSPS) is 18.0. The molecule has 1 aromatic carbocycles. The lowest BCUT2D eigenvalue weighted by Gasteiger charge is -2.12. The molecule has 2 aliphatic rings. The van der Waals surface area contributed by atoms with E-state index in [1.54, 1.807) is 24.4 Å². The van der Waals surface area contributed by atoms with Gasteiger partial charge in [0.05, 0.1) is 41.4 Å². The van der Waals surface area contributed by atoms with Crippen LogP contribution in [0.2, 0.25) is 0 Å². The third-order valence-corrected chi connectivity index (χ3v) is 8.81. The Bertz CT molecular complexity index is 1800. The van der Waals surface area contributed by atoms with Crippen molar-refractivity contribution < 1.29 is 35.5 Å². The van der Waals surface area contributed by atoms with Gasteiger partial charge in [0.1, 0.15) is 4.90 Å². The van der Waals surface area contributed by atoms with Gasteiger partial charge in [0.25, 0.3) is 12.3 Å². The number of aromatic nitrogens is 3. The Morgan fingerprint density at radius 1 is 1.05 bits per heavy atom. The molecule has 13 heteroatoms. The molecule has 0 spiro atoms. The lowest BCUT2D eigenvalue weighted by Crippen LogP contribution is -2.24. The average molecular weight is 587 g/mol. The standard InChI is InChI=1S/C28H22F4N4O4S/c29-19-9-16(10-23-26(19)40-8-7-24(30)41(23,38)39)28(37)34-13-17-11-22-15(12-33-17)3-5-20(35-22)21-6-4-18(27(31)32)25(36-21)14-1-2-14/h3-6,9-12,14,24,27H,1-2,7-8,13H2,(H,34,37)/t24-/m1/s1. The molecule has 1 saturated carbocycles. The number of halogens is 4. The number of carbonyl (C=O) groups is 1. The van der Waals surface area contributed by atoms with E-state index in [1.165, 1.54) is 12.1 Å². The Labute approximate surface area is 231 Å². The molecule has 3 aromatic heterocycles. The molecule has 0 radical (unpaired) electrons. The molecule has 1 amide bonds. The van der Waals surface area contributed by atoms with Gasteiger partial charge in [-0.15, -0.1) is 0 Å². The Kier molecular flexibility index (Phi) is 6.84. The highest BCUT2D eigenvalue weighted by Gasteiger charge is 2.36. The summed E-state index contributed by atoms with van der Waals surface area (Å²) in [4.78, 5) is 25.5. The summed E-state index contributed by atoms with van der Waals surface area (Å²) in [5.74, 6) is -2.48. The van der Waals surface area contributed by atoms with Crippen LogP contribution in [0.1, 0.15) is 58.9 Å². The zero-order valence-corrected chi connectivity index (χ0v) is 22.1. The first-order valence-electron chi connectivity index (χ1n) is 12.8. The van der Waals surface area contributed by atoms with Crippen molar-refractivity contribution in [1.29, 1.82) is 0 Å². The van der Waals surface area contributed by atoms with E-state index >= 15 is 0 Å². The molecule has 0 bridgehead atoms. The molecule has 0 unspecified atom stereocenters. The topological polar surface area (TPSA) is 111 Å². The first-order chi connectivity index (χ1) is 19.6. The Morgan fingerprint density at radius 3 is 2.56 bits per heavy atom. The number of carbonyl (C=O) groups excluding carboxylic acids is 1. The van der Waals surface area contributed by atoms with Crippen molar-refractivity contribution in [2.24, 2.45) is 0 Å². The molecule has 6 rings (SSSR count). The number of alkyl halides is 3. The van der Waals surface area contributed by atoms with Gasteiger partial charge in [0, 0.05) is 35.0 Å². The molecule has 4 aromatic rings. The quantitative estimate of drug-likeness (QED) is 0.300. The van der Waals surface area contributed by atoms with Crippen molar-refractivity contribution in [2.75, 3.05) is 6.61 Å². The van der Waals surface area contributed by atoms with Crippen molar-refractivity contribution >= 4 is 26.6 Å². The van der Waals surface area contributed by atoms with Gasteiger partial charge in [0.15, 0.2) is 11.6 Å². The second kappa shape index (κ2) is 10.4. The van der Waals surface area contributed by atoms with Crippen molar-refractivity contribution in [3.05, 3.63) is 77.0 Å². The molecule has 0 saturated heterocycles. The second-order valence-electron chi connectivity index (χ2n) is 9.87. The van der Waals surface area contributed by atoms with Gasteiger partial charge in [-0.3, -0.25) is 14.8 Å². The number of fused-ring (bicyclic) bond motifs is 2. The number of nitrogens with one attached hydrogen (secondary N) is 1. The number of rotatable bonds is 6. The van der Waals surface area contributed by atoms with Crippen LogP contribution < -0.4 is 10.1 Å². The summed E-state index contributed by atoms with van der Waals surface area (Å²) in [6, 6.07) is 9.73. The number of hydrogen-bond acceptors (Lipinski definition) is 7. The maximum atomic E-state index is 14.6. The number of hydrogen-bond donors (Lipinski definition) is 1. The maximum Gasteiger partial charge on any atom is 0.265 e. The van der Waals surface area contributed by atoms with Gasteiger partial charge in [-0.2, -0.15) is 0 Å². The smallest absolute Gasteiger partial charge is 0.265 e. The fraction of sp³-hybridized carbons (Fsp3) is 0.286. The summed E-state index contributed by atoms with van der Waals surface area (Å²) in [5.41, 5.74) is -0.419. The fourth-order valence-corrected chi connectivity index (χ4v) is 6.05. The van der Waals surface area contributed by atoms with Crippen molar-refractivity contribution in [2.45, 2.75) is 48.5 Å². The van der Waals surface area contributed by atoms with Crippen LogP contribution in [0.5, 0.6) is 5.75 Å². The third kappa shape index (κ3) is 5.21. The van der Waals surface area contributed by atoms with Gasteiger partial charge in [-0.25, -0.2) is 31.0 Å². The van der Waals surface area contributed by atoms with Crippen molar-refractivity contribution in [3.63, 3.8) is 0 Å². The highest BCUT2D eigenvalue weighted by Crippen LogP contribution is 2.43. The molecular formula is C28H22F4N4O4S. The minimum atomic E-state index is -4.54. The molecule has 4 heterocycles. The summed E-state index contributed by atoms with van der Waals surface area (Å²) >= 11 is 0. The van der Waals surface area contributed by atoms with Crippen molar-refractivity contribution in [1.82, 2.24) is 20.3 Å². The second-order valence-corrected chi connectivity index (χ2v) is 11.9. The number of ether oxygens (including phenoxy) is 1. The molecular weight excluding hydrogens is 564 g/mol. The van der Waals surface area contributed by atoms with E-state index in [0.717, 1.165) is 25.0 Å². The van der Waals surface area contributed by atoms with Crippen LogP contribution in [-0.2, 0) is 16.4 Å². The lowest BCUT2D eigenvalue weighted by molar-refractivity contribution is 0.0949. The Balaban J connectivity index is 1.24. The van der Waals surface area contributed by atoms with E-state index in [1.807, 2.05) is 0 Å². The van der Waals surface area contributed by atoms with E-state index in [0.29, 0.717) is 33.7 Å². The third-order valence-electron chi connectivity index (χ3n) is 6.99. The van der Waals surface area contributed by atoms with Crippen LogP contribution in [0.3, 0.4) is 0 Å². The van der Waals surface area contributed by atoms with Crippen LogP contribution in [0, 0.1) is 5.82 Å². The molecule has 1 aliphatic carbocycles. The molecule has 8 nitrogen and oxygen atoms in total. The maximum absolute atomic E-state index is 14.6. The average Bonchev–Trinajstić information content (AvgIpc) is 3.81. The SMILES string of the molecule is O=C(NCc1cc2nc(-c3ccc(C(F)F)c(C4CC4)n3)ccc2cn1)c1cc(F)c2c(c1)S(=O)(=O)[C@@H](F)CCO2. The first-order valence-corrected chi connectivity index (χ1v) is 14.3. The summed E-state index contributed by atoms with van der Waals surface area (Å²) in [7, 11) is -4.54. The van der Waals surface area contributed by atoms with E-state index < -0.39 is 50.6 Å². The van der Waals surface area contributed by atoms with Crippen LogP contribution in [0.15, 0.2) is 53.6 Å². The molecule has 41 heavy (non-hydrogen) atoms. The molecule has 212 valence electrons. The van der Waals surface area contributed by atoms with Gasteiger partial charge in [0.2, 0.25) is 15.3 Å². The largest absolute Gasteiger partial charge is 0.489 e. The summed E-state index contributed by atoms with van der Waals surface area (Å²) in [6.07, 6.45) is 0.116. The van der Waals surface area contributed by atoms with Gasteiger partial charge < -0.3 is 10.1 Å². The lowest BCUT2D eigenvalue weighted by atomic mass is 10.1. The highest BCUT2D eigenvalue weighted by molar-refractivity contribution is 7.92. The van der Waals surface area contributed by atoms with Crippen LogP contribution in [0.4, 0.5) is 17.6 Å². The van der Waals surface area contributed by atoms with E-state index in [4.69, 9.17) is 4.74 Å². The number of nitrogens with zero attached hydrogens (tertiary/aromatic N) is 3. The van der Waals surface area contributed by atoms with Crippen LogP contribution in [0.25, 0.3) is 22.3 Å². The zero-order chi connectivity index (χ0) is 28.9. The van der Waals surface area contributed by atoms with E-state index in [9.17, 15) is 30.8 Å². The number of amides is 1. The minimum Gasteiger partial charge on any atom is -0.489 e.